The van der Waals surface area contributed by atoms with Crippen molar-refractivity contribution in [3.05, 3.63) is 23.8 Å². The number of aryl methyl sites for hydroxylation is 1. The Morgan fingerprint density at radius 1 is 1.30 bits per heavy atom. The zero-order chi connectivity index (χ0) is 14.5. The molecule has 1 saturated heterocycles. The highest BCUT2D eigenvalue weighted by Crippen LogP contribution is 2.13. The van der Waals surface area contributed by atoms with Gasteiger partial charge in [-0.2, -0.15) is 0 Å². The Kier molecular flexibility index (Phi) is 5.03. The zero-order valence-corrected chi connectivity index (χ0v) is 12.3. The molecule has 0 radical (unpaired) electrons. The highest BCUT2D eigenvalue weighted by Gasteiger charge is 2.24. The molecule has 1 aromatic rings. The summed E-state index contributed by atoms with van der Waals surface area (Å²) in [4.78, 5) is 22.7. The van der Waals surface area contributed by atoms with E-state index in [1.165, 1.54) is 0 Å². The molecule has 0 aliphatic carbocycles. The van der Waals surface area contributed by atoms with Gasteiger partial charge in [-0.1, -0.05) is 0 Å². The predicted octanol–water partition coefficient (Wildman–Crippen LogP) is 0.683. The van der Waals surface area contributed by atoms with Crippen LogP contribution in [-0.2, 0) is 9.53 Å². The Hall–Kier alpha value is -1.53. The molecule has 1 aromatic heterocycles. The van der Waals surface area contributed by atoms with Gasteiger partial charge in [0.25, 0.3) is 0 Å². The zero-order valence-electron chi connectivity index (χ0n) is 12.3. The molecule has 0 bridgehead atoms. The number of rotatable bonds is 4. The van der Waals surface area contributed by atoms with Gasteiger partial charge in [0, 0.05) is 31.5 Å². The quantitative estimate of drug-likeness (QED) is 0.877. The van der Waals surface area contributed by atoms with Gasteiger partial charge in [-0.15, -0.1) is 0 Å². The molecule has 1 N–H and O–H groups in total. The van der Waals surface area contributed by atoms with Crippen molar-refractivity contribution >= 4 is 5.91 Å². The maximum absolute atomic E-state index is 12.3. The summed E-state index contributed by atoms with van der Waals surface area (Å²) in [7, 11) is 0. The number of ether oxygens (including phenoxy) is 1. The van der Waals surface area contributed by atoms with E-state index in [1.807, 2.05) is 25.7 Å². The molecule has 2 atom stereocenters. The molecule has 1 aliphatic heterocycles. The van der Waals surface area contributed by atoms with Crippen LogP contribution in [0.4, 0.5) is 0 Å². The van der Waals surface area contributed by atoms with E-state index < -0.39 is 0 Å². The third-order valence-corrected chi connectivity index (χ3v) is 3.52. The molecule has 2 rings (SSSR count). The van der Waals surface area contributed by atoms with Crippen LogP contribution in [0.25, 0.3) is 0 Å². The monoisotopic (exact) mass is 278 g/mol. The van der Waals surface area contributed by atoms with Gasteiger partial charge in [0.1, 0.15) is 0 Å². The van der Waals surface area contributed by atoms with E-state index in [0.717, 1.165) is 11.4 Å². The van der Waals surface area contributed by atoms with Gasteiger partial charge >= 0.3 is 0 Å². The maximum atomic E-state index is 12.3. The molecule has 1 amide bonds. The summed E-state index contributed by atoms with van der Waals surface area (Å²) in [5.41, 5.74) is 1.77. The fraction of sp³-hybridized carbons (Fsp3) is 0.643. The van der Waals surface area contributed by atoms with Gasteiger partial charge in [0.2, 0.25) is 5.91 Å². The van der Waals surface area contributed by atoms with Crippen LogP contribution in [0.1, 0.15) is 31.3 Å². The second-order valence-electron chi connectivity index (χ2n) is 5.07. The lowest BCUT2D eigenvalue weighted by atomic mass is 10.1. The highest BCUT2D eigenvalue weighted by atomic mass is 16.5. The van der Waals surface area contributed by atoms with Gasteiger partial charge in [-0.25, -0.2) is 0 Å². The molecule has 2 heterocycles. The maximum Gasteiger partial charge on any atom is 0.239 e. The molecule has 6 nitrogen and oxygen atoms in total. The largest absolute Gasteiger partial charge is 0.378 e. The van der Waals surface area contributed by atoms with Crippen molar-refractivity contribution in [1.82, 2.24) is 20.2 Å². The summed E-state index contributed by atoms with van der Waals surface area (Å²) < 4.78 is 5.26. The second-order valence-corrected chi connectivity index (χ2v) is 5.07. The number of hydrogen-bond acceptors (Lipinski definition) is 5. The minimum atomic E-state index is -0.246. The molecule has 1 aliphatic rings. The number of nitrogens with zero attached hydrogens (tertiary/aromatic N) is 3. The summed E-state index contributed by atoms with van der Waals surface area (Å²) in [6.45, 7) is 8.40. The Morgan fingerprint density at radius 2 is 1.95 bits per heavy atom. The van der Waals surface area contributed by atoms with Crippen LogP contribution < -0.4 is 5.32 Å². The van der Waals surface area contributed by atoms with Crippen molar-refractivity contribution in [2.24, 2.45) is 0 Å². The number of carbonyl (C=O) groups is 1. The minimum absolute atomic E-state index is 0.0105. The number of morpholine rings is 1. The van der Waals surface area contributed by atoms with Crippen molar-refractivity contribution in [1.29, 1.82) is 0 Å². The predicted molar refractivity (Wildman–Crippen MR) is 75.2 cm³/mol. The van der Waals surface area contributed by atoms with E-state index in [0.29, 0.717) is 26.3 Å². The van der Waals surface area contributed by atoms with Crippen LogP contribution in [-0.4, -0.2) is 53.1 Å². The molecular weight excluding hydrogens is 256 g/mol. The van der Waals surface area contributed by atoms with Crippen LogP contribution in [0.5, 0.6) is 0 Å². The van der Waals surface area contributed by atoms with Crippen LogP contribution in [0.2, 0.25) is 0 Å². The number of nitrogens with one attached hydrogen (secondary N) is 1. The first kappa shape index (κ1) is 14.9. The van der Waals surface area contributed by atoms with Crippen LogP contribution in [0, 0.1) is 6.92 Å². The number of aromatic nitrogens is 2. The lowest BCUT2D eigenvalue weighted by Gasteiger charge is -2.30. The Morgan fingerprint density at radius 3 is 2.60 bits per heavy atom. The molecule has 0 saturated carbocycles. The molecule has 0 spiro atoms. The number of hydrogen-bond donors (Lipinski definition) is 1. The lowest BCUT2D eigenvalue weighted by molar-refractivity contribution is -0.137. The fourth-order valence-corrected chi connectivity index (χ4v) is 2.43. The van der Waals surface area contributed by atoms with E-state index in [-0.39, 0.29) is 18.0 Å². The van der Waals surface area contributed by atoms with E-state index in [4.69, 9.17) is 4.74 Å². The van der Waals surface area contributed by atoms with E-state index in [9.17, 15) is 4.79 Å². The first-order chi connectivity index (χ1) is 9.59. The topological polar surface area (TPSA) is 67.4 Å². The molecular formula is C14H22N4O2. The van der Waals surface area contributed by atoms with Crippen molar-refractivity contribution in [2.45, 2.75) is 32.9 Å². The van der Waals surface area contributed by atoms with Crippen molar-refractivity contribution in [3.8, 4) is 0 Å². The molecule has 20 heavy (non-hydrogen) atoms. The second kappa shape index (κ2) is 6.76. The minimum Gasteiger partial charge on any atom is -0.378 e. The summed E-state index contributed by atoms with van der Waals surface area (Å²) in [6.07, 6.45) is 3.35. The fourth-order valence-electron chi connectivity index (χ4n) is 2.43. The van der Waals surface area contributed by atoms with Gasteiger partial charge in [0.05, 0.1) is 30.6 Å². The van der Waals surface area contributed by atoms with E-state index in [1.54, 1.807) is 12.4 Å². The third-order valence-electron chi connectivity index (χ3n) is 3.52. The van der Waals surface area contributed by atoms with Crippen LogP contribution in [0.15, 0.2) is 12.4 Å². The average molecular weight is 278 g/mol. The SMILES string of the molecule is Cc1nccnc1C(C)NC(C)C(=O)N1CCOCC1. The van der Waals surface area contributed by atoms with Crippen molar-refractivity contribution in [3.63, 3.8) is 0 Å². The average Bonchev–Trinajstić information content (AvgIpc) is 2.47. The van der Waals surface area contributed by atoms with Gasteiger partial charge in [0.15, 0.2) is 0 Å². The van der Waals surface area contributed by atoms with Gasteiger partial charge in [-0.05, 0) is 20.8 Å². The van der Waals surface area contributed by atoms with Gasteiger partial charge in [-0.3, -0.25) is 20.1 Å². The number of amides is 1. The van der Waals surface area contributed by atoms with Gasteiger partial charge < -0.3 is 9.64 Å². The molecule has 2 unspecified atom stereocenters. The van der Waals surface area contributed by atoms with Crippen molar-refractivity contribution in [2.75, 3.05) is 26.3 Å². The summed E-state index contributed by atoms with van der Waals surface area (Å²) in [6, 6.07) is -0.256. The molecule has 0 aromatic carbocycles. The lowest BCUT2D eigenvalue weighted by Crippen LogP contribution is -2.49. The molecule has 1 fully saturated rings. The van der Waals surface area contributed by atoms with Crippen LogP contribution in [0.3, 0.4) is 0 Å². The summed E-state index contributed by atoms with van der Waals surface area (Å²) in [5, 5.41) is 3.30. The standard InChI is InChI=1S/C14H22N4O2/c1-10-13(16-5-4-15-10)11(2)17-12(3)14(19)18-6-8-20-9-7-18/h4-5,11-12,17H,6-9H2,1-3H3. The third kappa shape index (κ3) is 3.52. The highest BCUT2D eigenvalue weighted by molar-refractivity contribution is 5.81. The Labute approximate surface area is 119 Å². The Balaban J connectivity index is 1.95. The van der Waals surface area contributed by atoms with Crippen molar-refractivity contribution < 1.29 is 9.53 Å². The number of carbonyl (C=O) groups excluding carboxylic acids is 1. The van der Waals surface area contributed by atoms with E-state index in [2.05, 4.69) is 15.3 Å². The first-order valence-electron chi connectivity index (χ1n) is 6.99. The Bertz CT molecular complexity index is 460. The smallest absolute Gasteiger partial charge is 0.239 e. The first-order valence-corrected chi connectivity index (χ1v) is 6.99. The van der Waals surface area contributed by atoms with Crippen LogP contribution >= 0.6 is 0 Å². The molecule has 110 valence electrons. The van der Waals surface area contributed by atoms with E-state index >= 15 is 0 Å². The summed E-state index contributed by atoms with van der Waals surface area (Å²) in [5.74, 6) is 0.113. The molecule has 6 heteroatoms. The normalized spacial score (nSPS) is 18.6. The summed E-state index contributed by atoms with van der Waals surface area (Å²) >= 11 is 0.